The second kappa shape index (κ2) is 7.17. The summed E-state index contributed by atoms with van der Waals surface area (Å²) < 4.78 is 23.4. The van der Waals surface area contributed by atoms with Gasteiger partial charge in [0.1, 0.15) is 23.8 Å². The number of phenols is 1. The summed E-state index contributed by atoms with van der Waals surface area (Å²) in [5.41, 5.74) is 0.676. The number of carbonyl (C=O) groups is 1. The monoisotopic (exact) mass is 376 g/mol. The number of hydrogen-bond acceptors (Lipinski definition) is 5. The van der Waals surface area contributed by atoms with E-state index in [1.807, 2.05) is 6.92 Å². The van der Waals surface area contributed by atoms with Crippen LogP contribution in [0.25, 0.3) is 11.0 Å². The smallest absolute Gasteiger partial charge is 0.339 e. The van der Waals surface area contributed by atoms with Crippen molar-refractivity contribution in [3.05, 3.63) is 74.3 Å². The first kappa shape index (κ1) is 17.9. The van der Waals surface area contributed by atoms with E-state index in [-0.39, 0.29) is 28.5 Å². The van der Waals surface area contributed by atoms with Crippen molar-refractivity contribution in [2.24, 2.45) is 0 Å². The molecule has 0 aliphatic carbocycles. The lowest BCUT2D eigenvalue weighted by molar-refractivity contribution is 0.0474. The van der Waals surface area contributed by atoms with E-state index in [2.05, 4.69) is 0 Å². The van der Waals surface area contributed by atoms with Crippen molar-refractivity contribution in [1.82, 2.24) is 0 Å². The lowest BCUT2D eigenvalue weighted by Crippen LogP contribution is -2.08. The van der Waals surface area contributed by atoms with Crippen molar-refractivity contribution >= 4 is 28.5 Å². The SMILES string of the molecule is CCc1cc2c(COC(=O)c3ccc(F)cc3Cl)cc(=O)oc2cc1O. The molecule has 1 N–H and O–H groups in total. The van der Waals surface area contributed by atoms with E-state index in [0.717, 1.165) is 12.1 Å². The number of carbonyl (C=O) groups excluding carboxylic acids is 1. The average molecular weight is 377 g/mol. The summed E-state index contributed by atoms with van der Waals surface area (Å²) in [7, 11) is 0. The molecule has 1 heterocycles. The van der Waals surface area contributed by atoms with Crippen LogP contribution in [0.4, 0.5) is 4.39 Å². The second-order valence-electron chi connectivity index (χ2n) is 5.62. The van der Waals surface area contributed by atoms with E-state index in [4.69, 9.17) is 20.8 Å². The molecule has 0 aliphatic rings. The molecule has 2 aromatic carbocycles. The fourth-order valence-electron chi connectivity index (χ4n) is 2.59. The van der Waals surface area contributed by atoms with Gasteiger partial charge in [-0.25, -0.2) is 14.0 Å². The average Bonchev–Trinajstić information content (AvgIpc) is 2.58. The van der Waals surface area contributed by atoms with Gasteiger partial charge in [0.2, 0.25) is 0 Å². The molecule has 134 valence electrons. The van der Waals surface area contributed by atoms with E-state index in [1.54, 1.807) is 6.07 Å². The van der Waals surface area contributed by atoms with Crippen molar-refractivity contribution in [3.63, 3.8) is 0 Å². The molecular weight excluding hydrogens is 363 g/mol. The summed E-state index contributed by atoms with van der Waals surface area (Å²) in [6, 6.07) is 7.61. The van der Waals surface area contributed by atoms with Gasteiger partial charge in [-0.15, -0.1) is 0 Å². The Morgan fingerprint density at radius 2 is 2.00 bits per heavy atom. The van der Waals surface area contributed by atoms with Gasteiger partial charge in [-0.2, -0.15) is 0 Å². The van der Waals surface area contributed by atoms with Gasteiger partial charge in [0.05, 0.1) is 10.6 Å². The molecule has 3 rings (SSSR count). The molecule has 7 heteroatoms. The molecule has 0 saturated carbocycles. The molecule has 0 radical (unpaired) electrons. The molecule has 5 nitrogen and oxygen atoms in total. The highest BCUT2D eigenvalue weighted by Gasteiger charge is 2.15. The molecule has 0 spiro atoms. The van der Waals surface area contributed by atoms with Crippen molar-refractivity contribution in [2.75, 3.05) is 0 Å². The molecule has 0 unspecified atom stereocenters. The van der Waals surface area contributed by atoms with Gasteiger partial charge in [-0.3, -0.25) is 0 Å². The van der Waals surface area contributed by atoms with Crippen molar-refractivity contribution in [1.29, 1.82) is 0 Å². The minimum atomic E-state index is -0.745. The van der Waals surface area contributed by atoms with Gasteiger partial charge in [0.15, 0.2) is 0 Å². The number of hydrogen-bond donors (Lipinski definition) is 1. The Morgan fingerprint density at radius 1 is 1.23 bits per heavy atom. The van der Waals surface area contributed by atoms with Crippen LogP contribution < -0.4 is 5.63 Å². The van der Waals surface area contributed by atoms with Crippen LogP contribution in [-0.2, 0) is 17.8 Å². The zero-order valence-electron chi connectivity index (χ0n) is 13.7. The van der Waals surface area contributed by atoms with E-state index in [9.17, 15) is 19.1 Å². The zero-order valence-corrected chi connectivity index (χ0v) is 14.5. The molecule has 0 aliphatic heterocycles. The predicted molar refractivity (Wildman–Crippen MR) is 94.1 cm³/mol. The summed E-state index contributed by atoms with van der Waals surface area (Å²) in [6.45, 7) is 1.67. The van der Waals surface area contributed by atoms with Crippen LogP contribution in [0.3, 0.4) is 0 Å². The third kappa shape index (κ3) is 3.55. The number of esters is 1. The molecule has 0 fully saturated rings. The van der Waals surface area contributed by atoms with Gasteiger partial charge in [-0.1, -0.05) is 18.5 Å². The molecule has 26 heavy (non-hydrogen) atoms. The highest BCUT2D eigenvalue weighted by atomic mass is 35.5. The van der Waals surface area contributed by atoms with Gasteiger partial charge < -0.3 is 14.3 Å². The molecular formula is C19H14ClFO5. The number of aromatic hydroxyl groups is 1. The maximum absolute atomic E-state index is 13.1. The topological polar surface area (TPSA) is 76.7 Å². The molecule has 3 aromatic rings. The Bertz CT molecular complexity index is 1060. The second-order valence-corrected chi connectivity index (χ2v) is 6.03. The molecule has 0 atom stereocenters. The van der Waals surface area contributed by atoms with Crippen molar-refractivity contribution in [3.8, 4) is 5.75 Å². The Kier molecular flexibility index (Phi) is 4.95. The number of phenolic OH excluding ortho intramolecular Hbond substituents is 1. The lowest BCUT2D eigenvalue weighted by Gasteiger charge is -2.10. The number of ether oxygens (including phenoxy) is 1. The minimum Gasteiger partial charge on any atom is -0.508 e. The fourth-order valence-corrected chi connectivity index (χ4v) is 2.83. The van der Waals surface area contributed by atoms with E-state index in [1.165, 1.54) is 18.2 Å². The number of rotatable bonds is 4. The van der Waals surface area contributed by atoms with Crippen LogP contribution in [0, 0.1) is 5.82 Å². The molecule has 0 bridgehead atoms. The Hall–Kier alpha value is -2.86. The minimum absolute atomic E-state index is 0.0206. The van der Waals surface area contributed by atoms with E-state index < -0.39 is 17.4 Å². The Morgan fingerprint density at radius 3 is 2.69 bits per heavy atom. The molecule has 0 amide bonds. The molecule has 0 saturated heterocycles. The number of aryl methyl sites for hydroxylation is 1. The summed E-state index contributed by atoms with van der Waals surface area (Å²) in [6.07, 6.45) is 0.575. The first-order valence-electron chi connectivity index (χ1n) is 7.80. The number of fused-ring (bicyclic) bond motifs is 1. The van der Waals surface area contributed by atoms with Crippen molar-refractivity contribution < 1.29 is 23.4 Å². The van der Waals surface area contributed by atoms with Crippen LogP contribution in [0.15, 0.2) is 45.6 Å². The summed E-state index contributed by atoms with van der Waals surface area (Å²) >= 11 is 5.85. The standard InChI is InChI=1S/C19H14ClFO5/c1-2-10-5-14-11(6-18(23)26-17(14)8-16(10)22)9-25-19(24)13-4-3-12(21)7-15(13)20/h3-8,22H,2,9H2,1H3. The van der Waals surface area contributed by atoms with Gasteiger partial charge in [-0.05, 0) is 36.2 Å². The van der Waals surface area contributed by atoms with Gasteiger partial charge in [0, 0.05) is 23.1 Å². The zero-order chi connectivity index (χ0) is 18.8. The number of halogens is 2. The predicted octanol–water partition coefficient (Wildman–Crippen LogP) is 4.21. The maximum atomic E-state index is 13.1. The van der Waals surface area contributed by atoms with Crippen LogP contribution in [0.2, 0.25) is 5.02 Å². The summed E-state index contributed by atoms with van der Waals surface area (Å²) in [4.78, 5) is 23.9. The van der Waals surface area contributed by atoms with Crippen LogP contribution in [0.1, 0.15) is 28.4 Å². The first-order valence-corrected chi connectivity index (χ1v) is 8.17. The Balaban J connectivity index is 1.93. The van der Waals surface area contributed by atoms with Crippen LogP contribution in [-0.4, -0.2) is 11.1 Å². The molecule has 1 aromatic heterocycles. The highest BCUT2D eigenvalue weighted by molar-refractivity contribution is 6.33. The maximum Gasteiger partial charge on any atom is 0.339 e. The first-order chi connectivity index (χ1) is 12.4. The highest BCUT2D eigenvalue weighted by Crippen LogP contribution is 2.27. The largest absolute Gasteiger partial charge is 0.508 e. The third-order valence-corrected chi connectivity index (χ3v) is 4.23. The van der Waals surface area contributed by atoms with E-state index >= 15 is 0 Å². The van der Waals surface area contributed by atoms with E-state index in [0.29, 0.717) is 22.9 Å². The van der Waals surface area contributed by atoms with Crippen molar-refractivity contribution in [2.45, 2.75) is 20.0 Å². The number of benzene rings is 2. The fraction of sp³-hybridized carbons (Fsp3) is 0.158. The summed E-state index contributed by atoms with van der Waals surface area (Å²) in [5.74, 6) is -1.29. The van der Waals surface area contributed by atoms with Gasteiger partial charge in [0.25, 0.3) is 0 Å². The lowest BCUT2D eigenvalue weighted by atomic mass is 10.0. The quantitative estimate of drug-likeness (QED) is 0.545. The van der Waals surface area contributed by atoms with Crippen LogP contribution in [0.5, 0.6) is 5.75 Å². The van der Waals surface area contributed by atoms with Crippen LogP contribution >= 0.6 is 11.6 Å². The third-order valence-electron chi connectivity index (χ3n) is 3.92. The van der Waals surface area contributed by atoms with Gasteiger partial charge >= 0.3 is 11.6 Å². The Labute approximate surface area is 152 Å². The normalized spacial score (nSPS) is 10.9. The summed E-state index contributed by atoms with van der Waals surface area (Å²) in [5, 5.41) is 10.4.